The smallest absolute Gasteiger partial charge is 0.267 e. The molecule has 2 aromatic carbocycles. The van der Waals surface area contributed by atoms with Gasteiger partial charge >= 0.3 is 0 Å². The second-order valence-electron chi connectivity index (χ2n) is 6.97. The van der Waals surface area contributed by atoms with Gasteiger partial charge in [0.05, 0.1) is 4.91 Å². The van der Waals surface area contributed by atoms with Crippen LogP contribution in [0.25, 0.3) is 6.08 Å². The van der Waals surface area contributed by atoms with Crippen molar-refractivity contribution in [2.24, 2.45) is 4.99 Å². The van der Waals surface area contributed by atoms with Crippen LogP contribution in [0, 0.1) is 0 Å². The molecule has 0 bridgehead atoms. The second kappa shape index (κ2) is 10.7. The largest absolute Gasteiger partial charge is 0.489 e. The number of pyridine rings is 1. The minimum atomic E-state index is -0.141. The predicted octanol–water partition coefficient (Wildman–Crippen LogP) is 6.76. The molecule has 33 heavy (non-hydrogen) atoms. The highest BCUT2D eigenvalue weighted by Crippen LogP contribution is 2.35. The van der Waals surface area contributed by atoms with Crippen LogP contribution in [0.1, 0.15) is 11.1 Å². The van der Waals surface area contributed by atoms with Crippen molar-refractivity contribution in [1.29, 1.82) is 0 Å². The Labute approximate surface area is 206 Å². The molecule has 0 N–H and O–H groups in total. The van der Waals surface area contributed by atoms with E-state index in [-0.39, 0.29) is 11.1 Å². The van der Waals surface area contributed by atoms with Crippen molar-refractivity contribution in [3.63, 3.8) is 0 Å². The van der Waals surface area contributed by atoms with Crippen molar-refractivity contribution in [2.75, 3.05) is 6.54 Å². The van der Waals surface area contributed by atoms with E-state index in [9.17, 15) is 4.79 Å². The van der Waals surface area contributed by atoms with Crippen molar-refractivity contribution in [2.45, 2.75) is 6.61 Å². The molecule has 2 heterocycles. The molecular weight excluding hydrogens is 477 g/mol. The molecule has 1 aliphatic rings. The number of rotatable bonds is 7. The number of hydrogen-bond donors (Lipinski definition) is 0. The fourth-order valence-corrected chi connectivity index (χ4v) is 4.39. The van der Waals surface area contributed by atoms with E-state index in [0.717, 1.165) is 11.1 Å². The molecular formula is C25H19Cl2N3O2S. The number of carbonyl (C=O) groups excluding carboxylic acids is 1. The monoisotopic (exact) mass is 495 g/mol. The second-order valence-corrected chi connectivity index (χ2v) is 8.75. The lowest BCUT2D eigenvalue weighted by molar-refractivity contribution is -0.121. The summed E-state index contributed by atoms with van der Waals surface area (Å²) < 4.78 is 5.83. The van der Waals surface area contributed by atoms with Gasteiger partial charge in [0.15, 0.2) is 10.3 Å². The average Bonchev–Trinajstić information content (AvgIpc) is 3.10. The van der Waals surface area contributed by atoms with Crippen molar-refractivity contribution in [3.05, 3.63) is 106 Å². The van der Waals surface area contributed by atoms with Gasteiger partial charge in [0.25, 0.3) is 5.91 Å². The molecule has 1 fully saturated rings. The zero-order chi connectivity index (χ0) is 23.2. The lowest BCUT2D eigenvalue weighted by Crippen LogP contribution is -2.29. The number of aromatic nitrogens is 1. The summed E-state index contributed by atoms with van der Waals surface area (Å²) in [5.41, 5.74) is 2.29. The van der Waals surface area contributed by atoms with Crippen LogP contribution in [0.5, 0.6) is 5.75 Å². The summed E-state index contributed by atoms with van der Waals surface area (Å²) in [4.78, 5) is 23.7. The van der Waals surface area contributed by atoms with Gasteiger partial charge in [-0.3, -0.25) is 9.69 Å². The quantitative estimate of drug-likeness (QED) is 0.206. The number of carbonyl (C=O) groups is 1. The number of halogens is 2. The van der Waals surface area contributed by atoms with Crippen LogP contribution in [0.3, 0.4) is 0 Å². The fourth-order valence-electron chi connectivity index (χ4n) is 3.03. The van der Waals surface area contributed by atoms with E-state index in [0.29, 0.717) is 39.7 Å². The third-order valence-electron chi connectivity index (χ3n) is 4.69. The molecule has 1 saturated heterocycles. The number of amidine groups is 1. The first-order valence-corrected chi connectivity index (χ1v) is 11.6. The van der Waals surface area contributed by atoms with Gasteiger partial charge < -0.3 is 4.74 Å². The van der Waals surface area contributed by atoms with Crippen LogP contribution >= 0.6 is 35.0 Å². The van der Waals surface area contributed by atoms with E-state index >= 15 is 0 Å². The molecule has 0 spiro atoms. The molecule has 1 aliphatic heterocycles. The molecule has 0 radical (unpaired) electrons. The summed E-state index contributed by atoms with van der Waals surface area (Å²) in [5, 5.41) is 1.48. The standard InChI is InChI=1S/C25H19Cl2N3O2S/c1-2-14-30-24(31)22(33-25(30)29-21-8-5-13-28-23(21)27)15-17-9-11-19(12-10-17)32-16-18-6-3-4-7-20(18)26/h2-13,15H,1,14,16H2/b22-15-,29-25?. The normalized spacial score (nSPS) is 15.9. The van der Waals surface area contributed by atoms with Crippen LogP contribution in [-0.2, 0) is 11.4 Å². The molecule has 3 aromatic rings. The maximum Gasteiger partial charge on any atom is 0.267 e. The first-order valence-electron chi connectivity index (χ1n) is 10.0. The van der Waals surface area contributed by atoms with Crippen LogP contribution in [0.4, 0.5) is 5.69 Å². The Morgan fingerprint density at radius 3 is 2.61 bits per heavy atom. The molecule has 5 nitrogen and oxygen atoms in total. The maximum absolute atomic E-state index is 13.0. The van der Waals surface area contributed by atoms with Gasteiger partial charge in [-0.05, 0) is 53.7 Å². The highest BCUT2D eigenvalue weighted by atomic mass is 35.5. The predicted molar refractivity (Wildman–Crippen MR) is 136 cm³/mol. The number of ether oxygens (including phenoxy) is 1. The maximum atomic E-state index is 13.0. The van der Waals surface area contributed by atoms with Gasteiger partial charge in [0.2, 0.25) is 0 Å². The lowest BCUT2D eigenvalue weighted by atomic mass is 10.2. The zero-order valence-corrected chi connectivity index (χ0v) is 19.8. The number of aliphatic imine (C=N–C) groups is 1. The number of benzene rings is 2. The summed E-state index contributed by atoms with van der Waals surface area (Å²) in [5.74, 6) is 0.571. The highest BCUT2D eigenvalue weighted by Gasteiger charge is 2.32. The molecule has 0 unspecified atom stereocenters. The summed E-state index contributed by atoms with van der Waals surface area (Å²) in [6, 6.07) is 18.6. The average molecular weight is 496 g/mol. The van der Waals surface area contributed by atoms with Crippen LogP contribution in [0.2, 0.25) is 10.2 Å². The molecule has 1 amide bonds. The summed E-state index contributed by atoms with van der Waals surface area (Å²) in [6.07, 6.45) is 5.08. The first-order chi connectivity index (χ1) is 16.0. The van der Waals surface area contributed by atoms with Gasteiger partial charge in [-0.2, -0.15) is 0 Å². The van der Waals surface area contributed by atoms with Crippen molar-refractivity contribution in [1.82, 2.24) is 9.88 Å². The Bertz CT molecular complexity index is 1240. The Morgan fingerprint density at radius 2 is 1.88 bits per heavy atom. The molecule has 1 aromatic heterocycles. The Kier molecular flexibility index (Phi) is 7.50. The van der Waals surface area contributed by atoms with Gasteiger partial charge in [0.1, 0.15) is 18.0 Å². The summed E-state index contributed by atoms with van der Waals surface area (Å²) in [7, 11) is 0. The number of nitrogens with zero attached hydrogens (tertiary/aromatic N) is 3. The zero-order valence-electron chi connectivity index (χ0n) is 17.4. The Hall–Kier alpha value is -3.06. The van der Waals surface area contributed by atoms with Crippen molar-refractivity contribution < 1.29 is 9.53 Å². The van der Waals surface area contributed by atoms with E-state index in [2.05, 4.69) is 16.6 Å². The van der Waals surface area contributed by atoms with Gasteiger partial charge in [0, 0.05) is 23.3 Å². The topological polar surface area (TPSA) is 54.8 Å². The van der Waals surface area contributed by atoms with E-state index in [1.807, 2.05) is 54.6 Å². The minimum Gasteiger partial charge on any atom is -0.489 e. The molecule has 166 valence electrons. The summed E-state index contributed by atoms with van der Waals surface area (Å²) >= 11 is 13.6. The van der Waals surface area contributed by atoms with Gasteiger partial charge in [-0.25, -0.2) is 9.98 Å². The lowest BCUT2D eigenvalue weighted by Gasteiger charge is -2.12. The van der Waals surface area contributed by atoms with E-state index in [4.69, 9.17) is 27.9 Å². The van der Waals surface area contributed by atoms with Crippen molar-refractivity contribution in [3.8, 4) is 5.75 Å². The molecule has 8 heteroatoms. The molecule has 0 saturated carbocycles. The SMILES string of the molecule is C=CCN1C(=O)/C(=C/c2ccc(OCc3ccccc3Cl)cc2)SC1=Nc1cccnc1Cl. The minimum absolute atomic E-state index is 0.141. The Morgan fingerprint density at radius 1 is 1.09 bits per heavy atom. The van der Waals surface area contributed by atoms with E-state index in [1.54, 1.807) is 29.3 Å². The van der Waals surface area contributed by atoms with Gasteiger partial charge in [-0.15, -0.1) is 6.58 Å². The third-order valence-corrected chi connectivity index (χ3v) is 6.35. The fraction of sp³-hybridized carbons (Fsp3) is 0.0800. The molecule has 4 rings (SSSR count). The van der Waals surface area contributed by atoms with Gasteiger partial charge in [-0.1, -0.05) is 59.6 Å². The van der Waals surface area contributed by atoms with E-state index < -0.39 is 0 Å². The highest BCUT2D eigenvalue weighted by molar-refractivity contribution is 8.18. The van der Waals surface area contributed by atoms with Crippen molar-refractivity contribution >= 4 is 57.8 Å². The Balaban J connectivity index is 1.51. The number of hydrogen-bond acceptors (Lipinski definition) is 5. The van der Waals surface area contributed by atoms with E-state index in [1.165, 1.54) is 11.8 Å². The number of thioether (sulfide) groups is 1. The molecule has 0 atom stereocenters. The first kappa shape index (κ1) is 23.1. The molecule has 0 aliphatic carbocycles. The van der Waals surface area contributed by atoms with Crippen LogP contribution < -0.4 is 4.74 Å². The summed E-state index contributed by atoms with van der Waals surface area (Å²) in [6.45, 7) is 4.46. The van der Waals surface area contributed by atoms with Crippen LogP contribution in [0.15, 0.2) is 89.4 Å². The number of amides is 1. The third kappa shape index (κ3) is 5.66. The van der Waals surface area contributed by atoms with Crippen LogP contribution in [-0.4, -0.2) is 27.5 Å².